The molecule has 0 aliphatic heterocycles. The van der Waals surface area contributed by atoms with Crippen LogP contribution in [0.25, 0.3) is 16.8 Å². The molecular weight excluding hydrogens is 456 g/mol. The number of thiol groups is 1. The Labute approximate surface area is 204 Å². The van der Waals surface area contributed by atoms with Crippen molar-refractivity contribution in [1.29, 1.82) is 0 Å². The summed E-state index contributed by atoms with van der Waals surface area (Å²) in [5.74, 6) is -2.11. The molecule has 0 aliphatic rings. The summed E-state index contributed by atoms with van der Waals surface area (Å²) in [5.41, 5.74) is 5.36. The zero-order valence-corrected chi connectivity index (χ0v) is 21.1. The Morgan fingerprint density at radius 1 is 1.26 bits per heavy atom. The lowest BCUT2D eigenvalue weighted by atomic mass is 9.95. The fraction of sp³-hybridized carbons (Fsp3) is 0.360. The number of allylic oxidation sites excluding steroid dienone is 1. The molecule has 5 N–H and O–H groups in total. The molecule has 6 nitrogen and oxygen atoms in total. The maximum atomic E-state index is 14.9. The highest BCUT2D eigenvalue weighted by atomic mass is 32.1. The van der Waals surface area contributed by atoms with Gasteiger partial charge in [0.25, 0.3) is 0 Å². The number of pyridine rings is 1. The number of aromatic nitrogens is 2. The average molecular weight is 490 g/mol. The Kier molecular flexibility index (Phi) is 8.12. The Hall–Kier alpha value is -2.75. The third-order valence-electron chi connectivity index (χ3n) is 5.79. The summed E-state index contributed by atoms with van der Waals surface area (Å²) in [5, 5.41) is 11.4. The highest BCUT2D eigenvalue weighted by Crippen LogP contribution is 2.34. The van der Waals surface area contributed by atoms with Crippen LogP contribution in [0.2, 0.25) is 0 Å². The molecule has 0 saturated carbocycles. The molecule has 0 spiro atoms. The van der Waals surface area contributed by atoms with Gasteiger partial charge in [0.05, 0.1) is 35.9 Å². The first-order valence-corrected chi connectivity index (χ1v) is 11.6. The van der Waals surface area contributed by atoms with E-state index in [2.05, 4.69) is 22.9 Å². The molecule has 0 saturated heterocycles. The molecule has 3 rings (SSSR count). The smallest absolute Gasteiger partial charge is 0.201 e. The van der Waals surface area contributed by atoms with Gasteiger partial charge in [-0.05, 0) is 45.2 Å². The number of benzene rings is 1. The number of imidazole rings is 1. The van der Waals surface area contributed by atoms with Crippen molar-refractivity contribution in [1.82, 2.24) is 14.7 Å². The predicted octanol–water partition coefficient (Wildman–Crippen LogP) is 2.14. The lowest BCUT2D eigenvalue weighted by Gasteiger charge is -2.18. The van der Waals surface area contributed by atoms with Crippen molar-refractivity contribution in [3.8, 4) is 16.9 Å². The second kappa shape index (κ2) is 10.7. The van der Waals surface area contributed by atoms with Crippen LogP contribution in [0.1, 0.15) is 32.9 Å². The van der Waals surface area contributed by atoms with E-state index in [-0.39, 0.29) is 12.4 Å². The minimum atomic E-state index is -1.02. The van der Waals surface area contributed by atoms with E-state index in [4.69, 9.17) is 10.1 Å². The van der Waals surface area contributed by atoms with Crippen LogP contribution in [0, 0.1) is 11.6 Å². The van der Waals surface area contributed by atoms with Crippen LogP contribution < -0.4 is 20.8 Å². The van der Waals surface area contributed by atoms with Crippen molar-refractivity contribution in [2.75, 3.05) is 20.7 Å². The van der Waals surface area contributed by atoms with E-state index in [1.165, 1.54) is 6.07 Å². The summed E-state index contributed by atoms with van der Waals surface area (Å²) in [4.78, 5) is 4.39. The van der Waals surface area contributed by atoms with Crippen molar-refractivity contribution in [2.45, 2.75) is 38.5 Å². The zero-order chi connectivity index (χ0) is 25.0. The standard InChI is InChI=1S/C25H31F2N5OS/c1-15(30-5)18(24(28)25(2,3)34)10-11-33-23-19(7-8-20(26)22(23)27)16-6-9-21-31-13-17(12-29-4)32(21)14-16/h6-9,13-14,28-30,34H,10-12H2,1-5H3/p+2/b18-15-,28-24?. The van der Waals surface area contributed by atoms with Gasteiger partial charge in [0, 0.05) is 37.2 Å². The van der Waals surface area contributed by atoms with E-state index >= 15 is 0 Å². The molecule has 3 aromatic rings. The van der Waals surface area contributed by atoms with Gasteiger partial charge < -0.3 is 19.8 Å². The molecular formula is C25H33F2N5OS+2. The largest absolute Gasteiger partial charge is 0.489 e. The van der Waals surface area contributed by atoms with Crippen molar-refractivity contribution in [3.63, 3.8) is 0 Å². The fourth-order valence-corrected chi connectivity index (χ4v) is 3.88. The lowest BCUT2D eigenvalue weighted by Crippen LogP contribution is -2.77. The maximum Gasteiger partial charge on any atom is 0.201 e. The summed E-state index contributed by atoms with van der Waals surface area (Å²) >= 11 is 4.58. The molecule has 0 fully saturated rings. The van der Waals surface area contributed by atoms with Crippen molar-refractivity contribution < 1.29 is 24.2 Å². The number of rotatable bonds is 10. The summed E-state index contributed by atoms with van der Waals surface area (Å²) in [6, 6.07) is 6.30. The van der Waals surface area contributed by atoms with E-state index < -0.39 is 16.4 Å². The topological polar surface area (TPSA) is 80.8 Å². The van der Waals surface area contributed by atoms with Gasteiger partial charge in [-0.25, -0.2) is 9.37 Å². The van der Waals surface area contributed by atoms with Crippen LogP contribution in [0.5, 0.6) is 5.75 Å². The molecule has 1 aromatic carbocycles. The normalized spacial score (nSPS) is 12.7. The zero-order valence-electron chi connectivity index (χ0n) is 20.2. The molecule has 0 amide bonds. The van der Waals surface area contributed by atoms with Gasteiger partial charge in [-0.1, -0.05) is 0 Å². The van der Waals surface area contributed by atoms with Crippen LogP contribution in [0.15, 0.2) is 47.9 Å². The number of halogens is 2. The van der Waals surface area contributed by atoms with Gasteiger partial charge in [0.2, 0.25) is 5.82 Å². The number of nitrogens with two attached hydrogens (primary N) is 2. The van der Waals surface area contributed by atoms with Gasteiger partial charge >= 0.3 is 0 Å². The van der Waals surface area contributed by atoms with Crippen molar-refractivity contribution in [3.05, 3.63) is 65.3 Å². The van der Waals surface area contributed by atoms with E-state index in [1.807, 2.05) is 62.9 Å². The van der Waals surface area contributed by atoms with Crippen molar-refractivity contribution in [2.24, 2.45) is 0 Å². The average Bonchev–Trinajstić information content (AvgIpc) is 3.20. The maximum absolute atomic E-state index is 14.9. The molecule has 182 valence electrons. The quantitative estimate of drug-likeness (QED) is 0.260. The first-order valence-electron chi connectivity index (χ1n) is 11.1. The third kappa shape index (κ3) is 5.48. The van der Waals surface area contributed by atoms with Crippen LogP contribution in [-0.4, -0.2) is 40.5 Å². The molecule has 9 heteroatoms. The van der Waals surface area contributed by atoms with E-state index in [0.29, 0.717) is 29.8 Å². The Balaban J connectivity index is 1.94. The number of ether oxygens (including phenoxy) is 1. The number of quaternary nitrogens is 1. The van der Waals surface area contributed by atoms with Gasteiger partial charge in [0.1, 0.15) is 11.3 Å². The first-order chi connectivity index (χ1) is 16.1. The molecule has 0 radical (unpaired) electrons. The van der Waals surface area contributed by atoms with Crippen LogP contribution in [-0.2, 0) is 6.54 Å². The molecule has 34 heavy (non-hydrogen) atoms. The molecule has 0 bridgehead atoms. The number of hydrogen-bond acceptors (Lipinski definition) is 4. The van der Waals surface area contributed by atoms with Gasteiger partial charge in [-0.2, -0.15) is 17.0 Å². The molecule has 2 heterocycles. The van der Waals surface area contributed by atoms with Crippen LogP contribution in [0.4, 0.5) is 8.78 Å². The minimum absolute atomic E-state index is 0.122. The van der Waals surface area contributed by atoms with Gasteiger partial charge in [-0.15, -0.1) is 0 Å². The van der Waals surface area contributed by atoms with Crippen molar-refractivity contribution >= 4 is 24.0 Å². The van der Waals surface area contributed by atoms with E-state index in [0.717, 1.165) is 28.7 Å². The van der Waals surface area contributed by atoms with E-state index in [1.54, 1.807) is 6.20 Å². The number of nitrogens with one attached hydrogen (secondary N) is 1. The summed E-state index contributed by atoms with van der Waals surface area (Å²) in [6.07, 6.45) is 4.06. The SMILES string of the molecule is CNCc1cnc2ccc(-c3ccc(F)c(F)c3OCC/C(C(=[NH2+])C(C)(C)S)=C(\C)[NH2+]C)cn12. The monoisotopic (exact) mass is 489 g/mol. The molecule has 0 unspecified atom stereocenters. The summed E-state index contributed by atoms with van der Waals surface area (Å²) in [6.45, 7) is 6.52. The third-order valence-corrected chi connectivity index (χ3v) is 6.03. The molecule has 0 atom stereocenters. The summed E-state index contributed by atoms with van der Waals surface area (Å²) < 4.78 is 36.3. The molecule has 2 aromatic heterocycles. The fourth-order valence-electron chi connectivity index (χ4n) is 3.75. The van der Waals surface area contributed by atoms with Gasteiger partial charge in [0.15, 0.2) is 17.3 Å². The Morgan fingerprint density at radius 3 is 2.65 bits per heavy atom. The van der Waals surface area contributed by atoms with E-state index in [9.17, 15) is 8.78 Å². The first kappa shape index (κ1) is 25.9. The minimum Gasteiger partial charge on any atom is -0.489 e. The predicted molar refractivity (Wildman–Crippen MR) is 134 cm³/mol. The highest BCUT2D eigenvalue weighted by Gasteiger charge is 2.30. The lowest BCUT2D eigenvalue weighted by molar-refractivity contribution is -0.576. The highest BCUT2D eigenvalue weighted by molar-refractivity contribution is 7.82. The van der Waals surface area contributed by atoms with Crippen LogP contribution in [0.3, 0.4) is 0 Å². The number of nitrogens with zero attached hydrogens (tertiary/aromatic N) is 2. The second-order valence-corrected chi connectivity index (χ2v) is 9.80. The number of hydrogen-bond donors (Lipinski definition) is 4. The second-order valence-electron chi connectivity index (χ2n) is 8.69. The summed E-state index contributed by atoms with van der Waals surface area (Å²) in [7, 11) is 3.78. The van der Waals surface area contributed by atoms with Crippen LogP contribution >= 0.6 is 12.6 Å². The molecule has 0 aliphatic carbocycles. The Bertz CT molecular complexity index is 1230. The number of fused-ring (bicyclic) bond motifs is 1. The van der Waals surface area contributed by atoms with Gasteiger partial charge in [-0.3, -0.25) is 5.41 Å². The Morgan fingerprint density at radius 2 is 2.00 bits per heavy atom.